The van der Waals surface area contributed by atoms with E-state index in [0.29, 0.717) is 5.56 Å². The molecule has 4 nitrogen and oxygen atoms in total. The zero-order valence-electron chi connectivity index (χ0n) is 12.7. The first-order valence-electron chi connectivity index (χ1n) is 7.20. The van der Waals surface area contributed by atoms with Crippen LogP contribution < -0.4 is 5.32 Å². The number of H-pyrrole nitrogens is 1. The van der Waals surface area contributed by atoms with Gasteiger partial charge in [0.15, 0.2) is 0 Å². The van der Waals surface area contributed by atoms with Gasteiger partial charge in [-0.25, -0.2) is 4.98 Å². The van der Waals surface area contributed by atoms with E-state index in [1.54, 1.807) is 0 Å². The number of aromatic nitrogens is 2. The molecule has 0 aliphatic heterocycles. The highest BCUT2D eigenvalue weighted by molar-refractivity contribution is 9.11. The molecule has 0 fully saturated rings. The van der Waals surface area contributed by atoms with Gasteiger partial charge in [0, 0.05) is 26.1 Å². The third kappa shape index (κ3) is 3.48. The minimum absolute atomic E-state index is 0.0668. The average Bonchev–Trinajstić information content (AvgIpc) is 2.91. The highest BCUT2D eigenvalue weighted by Gasteiger charge is 2.11. The number of hydrogen-bond acceptors (Lipinski definition) is 2. The summed E-state index contributed by atoms with van der Waals surface area (Å²) in [6, 6.07) is 11.5. The quantitative estimate of drug-likeness (QED) is 0.613. The van der Waals surface area contributed by atoms with Gasteiger partial charge in [0.05, 0.1) is 5.52 Å². The van der Waals surface area contributed by atoms with E-state index in [2.05, 4.69) is 47.1 Å². The highest BCUT2D eigenvalue weighted by Crippen LogP contribution is 2.29. The van der Waals surface area contributed by atoms with Crippen molar-refractivity contribution < 1.29 is 4.79 Å². The van der Waals surface area contributed by atoms with E-state index in [-0.39, 0.29) is 11.9 Å². The lowest BCUT2D eigenvalue weighted by Crippen LogP contribution is -2.29. The largest absolute Gasteiger partial charge is 0.350 e. The zero-order chi connectivity index (χ0) is 16.6. The molecule has 0 saturated heterocycles. The number of amides is 1. The van der Waals surface area contributed by atoms with Crippen LogP contribution in [-0.4, -0.2) is 21.9 Å². The lowest BCUT2D eigenvalue weighted by Gasteiger charge is -2.08. The Morgan fingerprint density at radius 2 is 1.87 bits per heavy atom. The Morgan fingerprint density at radius 1 is 1.17 bits per heavy atom. The van der Waals surface area contributed by atoms with E-state index in [0.717, 1.165) is 31.4 Å². The first-order valence-corrected chi connectivity index (χ1v) is 8.78. The molecule has 3 rings (SSSR count). The number of nitrogens with one attached hydrogen (secondary N) is 2. The van der Waals surface area contributed by atoms with Crippen LogP contribution >= 0.6 is 31.9 Å². The van der Waals surface area contributed by atoms with E-state index >= 15 is 0 Å². The Morgan fingerprint density at radius 3 is 2.52 bits per heavy atom. The summed E-state index contributed by atoms with van der Waals surface area (Å²) < 4.78 is 1.91. The molecule has 0 bridgehead atoms. The molecule has 2 aromatic carbocycles. The Bertz CT molecular complexity index is 869. The normalized spacial score (nSPS) is 11.2. The van der Waals surface area contributed by atoms with Gasteiger partial charge < -0.3 is 10.3 Å². The van der Waals surface area contributed by atoms with Gasteiger partial charge in [-0.1, -0.05) is 28.1 Å². The number of imidazole rings is 1. The number of nitrogens with zero attached hydrogens (tertiary/aromatic N) is 1. The minimum Gasteiger partial charge on any atom is -0.350 e. The Labute approximate surface area is 151 Å². The molecule has 6 heteroatoms. The van der Waals surface area contributed by atoms with Crippen LogP contribution in [0.5, 0.6) is 0 Å². The Kier molecular flexibility index (Phi) is 4.55. The molecule has 0 unspecified atom stereocenters. The van der Waals surface area contributed by atoms with E-state index in [1.165, 1.54) is 0 Å². The number of hydrogen-bond donors (Lipinski definition) is 2. The van der Waals surface area contributed by atoms with Gasteiger partial charge in [0.25, 0.3) is 5.91 Å². The van der Waals surface area contributed by atoms with E-state index in [4.69, 9.17) is 0 Å². The van der Waals surface area contributed by atoms with Crippen LogP contribution in [0.1, 0.15) is 24.2 Å². The van der Waals surface area contributed by atoms with Crippen molar-refractivity contribution in [3.8, 4) is 11.4 Å². The van der Waals surface area contributed by atoms with E-state index in [9.17, 15) is 4.79 Å². The first-order chi connectivity index (χ1) is 10.9. The number of rotatable bonds is 3. The molecule has 1 amide bonds. The van der Waals surface area contributed by atoms with Gasteiger partial charge in [0.2, 0.25) is 0 Å². The molecule has 118 valence electrons. The highest BCUT2D eigenvalue weighted by atomic mass is 79.9. The molecule has 3 aromatic rings. The van der Waals surface area contributed by atoms with Crippen molar-refractivity contribution in [1.29, 1.82) is 0 Å². The standard InChI is InChI=1S/C17H15Br2N3O/c1-9(2)20-17(23)11-5-3-10(4-6-11)16-21-14-8-12(18)7-13(19)15(14)22-16/h3-9H,1-2H3,(H,20,23)(H,21,22). The van der Waals surface area contributed by atoms with Crippen LogP contribution in [0.2, 0.25) is 0 Å². The monoisotopic (exact) mass is 435 g/mol. The maximum Gasteiger partial charge on any atom is 0.251 e. The minimum atomic E-state index is -0.0668. The molecular formula is C17H15Br2N3O. The lowest BCUT2D eigenvalue weighted by molar-refractivity contribution is 0.0943. The number of benzene rings is 2. The van der Waals surface area contributed by atoms with Gasteiger partial charge in [0.1, 0.15) is 11.3 Å². The van der Waals surface area contributed by atoms with Crippen molar-refractivity contribution in [1.82, 2.24) is 15.3 Å². The van der Waals surface area contributed by atoms with Crippen LogP contribution in [0.3, 0.4) is 0 Å². The van der Waals surface area contributed by atoms with Gasteiger partial charge in [-0.15, -0.1) is 0 Å². The number of halogens is 2. The second-order valence-electron chi connectivity index (χ2n) is 5.57. The smallest absolute Gasteiger partial charge is 0.251 e. The van der Waals surface area contributed by atoms with Crippen molar-refractivity contribution in [2.75, 3.05) is 0 Å². The third-order valence-electron chi connectivity index (χ3n) is 3.35. The molecular weight excluding hydrogens is 422 g/mol. The van der Waals surface area contributed by atoms with Gasteiger partial charge >= 0.3 is 0 Å². The third-order valence-corrected chi connectivity index (χ3v) is 4.41. The van der Waals surface area contributed by atoms with Crippen LogP contribution in [0, 0.1) is 0 Å². The molecule has 0 atom stereocenters. The van der Waals surface area contributed by atoms with Crippen LogP contribution in [0.4, 0.5) is 0 Å². The zero-order valence-corrected chi connectivity index (χ0v) is 15.8. The van der Waals surface area contributed by atoms with Crippen LogP contribution in [-0.2, 0) is 0 Å². The molecule has 2 N–H and O–H groups in total. The lowest BCUT2D eigenvalue weighted by atomic mass is 10.1. The summed E-state index contributed by atoms with van der Waals surface area (Å²) in [5.41, 5.74) is 3.40. The number of carbonyl (C=O) groups excluding carboxylic acids is 1. The predicted octanol–water partition coefficient (Wildman–Crippen LogP) is 4.89. The summed E-state index contributed by atoms with van der Waals surface area (Å²) in [7, 11) is 0. The number of aromatic amines is 1. The summed E-state index contributed by atoms with van der Waals surface area (Å²) >= 11 is 6.99. The summed E-state index contributed by atoms with van der Waals surface area (Å²) in [5, 5.41) is 2.88. The average molecular weight is 437 g/mol. The molecule has 0 aliphatic rings. The van der Waals surface area contributed by atoms with E-state index < -0.39 is 0 Å². The second kappa shape index (κ2) is 6.45. The molecule has 1 aromatic heterocycles. The molecule has 23 heavy (non-hydrogen) atoms. The Hall–Kier alpha value is -1.66. The summed E-state index contributed by atoms with van der Waals surface area (Å²) in [6.45, 7) is 3.88. The molecule has 0 saturated carbocycles. The fourth-order valence-corrected chi connectivity index (χ4v) is 3.62. The van der Waals surface area contributed by atoms with Crippen molar-refractivity contribution >= 4 is 48.8 Å². The Balaban J connectivity index is 1.93. The summed E-state index contributed by atoms with van der Waals surface area (Å²) in [5.74, 6) is 0.706. The second-order valence-corrected chi connectivity index (χ2v) is 7.34. The predicted molar refractivity (Wildman–Crippen MR) is 99.5 cm³/mol. The van der Waals surface area contributed by atoms with Gasteiger partial charge in [-0.3, -0.25) is 4.79 Å². The van der Waals surface area contributed by atoms with E-state index in [1.807, 2.05) is 50.2 Å². The fraction of sp³-hybridized carbons (Fsp3) is 0.176. The molecule has 1 heterocycles. The SMILES string of the molecule is CC(C)NC(=O)c1ccc(-c2nc3c(Br)cc(Br)cc3[nH]2)cc1. The first kappa shape index (κ1) is 16.2. The number of carbonyl (C=O) groups is 1. The van der Waals surface area contributed by atoms with Crippen molar-refractivity contribution in [3.63, 3.8) is 0 Å². The maximum atomic E-state index is 12.0. The maximum absolute atomic E-state index is 12.0. The van der Waals surface area contributed by atoms with Crippen molar-refractivity contribution in [2.24, 2.45) is 0 Å². The summed E-state index contributed by atoms with van der Waals surface area (Å²) in [6.07, 6.45) is 0. The van der Waals surface area contributed by atoms with Gasteiger partial charge in [-0.2, -0.15) is 0 Å². The fourth-order valence-electron chi connectivity index (χ4n) is 2.30. The number of fused-ring (bicyclic) bond motifs is 1. The molecule has 0 radical (unpaired) electrons. The van der Waals surface area contributed by atoms with Gasteiger partial charge in [-0.05, 0) is 54.0 Å². The molecule has 0 spiro atoms. The van der Waals surface area contributed by atoms with Crippen molar-refractivity contribution in [2.45, 2.75) is 19.9 Å². The topological polar surface area (TPSA) is 57.8 Å². The van der Waals surface area contributed by atoms with Crippen molar-refractivity contribution in [3.05, 3.63) is 50.9 Å². The van der Waals surface area contributed by atoms with Crippen LogP contribution in [0.15, 0.2) is 45.3 Å². The molecule has 0 aliphatic carbocycles. The summed E-state index contributed by atoms with van der Waals surface area (Å²) in [4.78, 5) is 19.9. The van der Waals surface area contributed by atoms with Crippen LogP contribution in [0.25, 0.3) is 22.4 Å².